The fraction of sp³-hybridized carbons (Fsp3) is 0.348. The van der Waals surface area contributed by atoms with E-state index in [0.29, 0.717) is 38.1 Å². The molecule has 0 saturated heterocycles. The van der Waals surface area contributed by atoms with Crippen LogP contribution in [0, 0.1) is 13.8 Å². The Labute approximate surface area is 338 Å². The molecule has 0 radical (unpaired) electrons. The van der Waals surface area contributed by atoms with E-state index in [1.165, 1.54) is 0 Å². The van der Waals surface area contributed by atoms with Gasteiger partial charge in [-0.05, 0) is 75.6 Å². The van der Waals surface area contributed by atoms with Crippen molar-refractivity contribution in [3.8, 4) is 0 Å². The molecule has 2 aliphatic carbocycles. The van der Waals surface area contributed by atoms with E-state index in [9.17, 15) is 9.59 Å². The van der Waals surface area contributed by atoms with Gasteiger partial charge in [0.2, 0.25) is 11.9 Å². The maximum atomic E-state index is 14.6. The monoisotopic (exact) mass is 778 g/mol. The number of carbonyl (C=O) groups is 2. The number of para-hydroxylation sites is 2. The molecule has 0 aliphatic heterocycles. The number of carbonyl (C=O) groups excluding carboxylic acids is 2. The number of amides is 2. The molecule has 2 saturated carbocycles. The van der Waals surface area contributed by atoms with Crippen LogP contribution in [-0.4, -0.2) is 60.9 Å². The Morgan fingerprint density at radius 1 is 0.741 bits per heavy atom. The van der Waals surface area contributed by atoms with Gasteiger partial charge < -0.3 is 20.5 Å². The molecule has 58 heavy (non-hydrogen) atoms. The molecule has 2 aromatic heterocycles. The molecule has 2 amide bonds. The molecular formula is C46H50N8O4. The normalized spacial score (nSPS) is 20.6. The molecule has 4 atom stereocenters. The second-order valence-corrected chi connectivity index (χ2v) is 15.6. The number of nitrogens with two attached hydrogens (primary N) is 1. The molecule has 298 valence electrons. The zero-order valence-corrected chi connectivity index (χ0v) is 33.1. The maximum absolute atomic E-state index is 14.6. The third-order valence-electron chi connectivity index (χ3n) is 11.5. The summed E-state index contributed by atoms with van der Waals surface area (Å²) >= 11 is 0. The van der Waals surface area contributed by atoms with Crippen molar-refractivity contribution in [3.63, 3.8) is 0 Å². The van der Waals surface area contributed by atoms with Gasteiger partial charge in [0.05, 0.1) is 34.6 Å². The summed E-state index contributed by atoms with van der Waals surface area (Å²) in [5.41, 5.74) is 11.4. The van der Waals surface area contributed by atoms with Gasteiger partial charge in [-0.25, -0.2) is 34.4 Å². The first-order chi connectivity index (χ1) is 28.2. The van der Waals surface area contributed by atoms with E-state index in [1.54, 1.807) is 9.80 Å². The van der Waals surface area contributed by atoms with Gasteiger partial charge in [-0.1, -0.05) is 97.1 Å². The number of rotatable bonds is 10. The summed E-state index contributed by atoms with van der Waals surface area (Å²) in [5, 5.41) is 5.47. The largest absolute Gasteiger partial charge is 0.446 e. The minimum Gasteiger partial charge on any atom is -0.446 e. The van der Waals surface area contributed by atoms with Gasteiger partial charge in [-0.2, -0.15) is 0 Å². The van der Waals surface area contributed by atoms with Crippen LogP contribution in [0.15, 0.2) is 109 Å². The fourth-order valence-electron chi connectivity index (χ4n) is 8.48. The van der Waals surface area contributed by atoms with Crippen LogP contribution in [-0.2, 0) is 22.6 Å². The minimum atomic E-state index is -1.01. The predicted molar refractivity (Wildman–Crippen MR) is 225 cm³/mol. The maximum Gasteiger partial charge on any atom is 0.417 e. The second-order valence-electron chi connectivity index (χ2n) is 15.6. The molecule has 2 fully saturated rings. The first kappa shape index (κ1) is 38.7. The lowest BCUT2D eigenvalue weighted by atomic mass is 9.84. The van der Waals surface area contributed by atoms with Crippen molar-refractivity contribution in [2.75, 3.05) is 10.2 Å². The number of nitrogens with one attached hydrogen (secondary N) is 1. The Balaban J connectivity index is 1.03. The Hall–Kier alpha value is -6.14. The number of hydrogen-bond donors (Lipinski definition) is 2. The van der Waals surface area contributed by atoms with E-state index >= 15 is 0 Å². The van der Waals surface area contributed by atoms with Gasteiger partial charge in [0, 0.05) is 35.7 Å². The van der Waals surface area contributed by atoms with E-state index in [4.69, 9.17) is 35.1 Å². The van der Waals surface area contributed by atoms with Crippen LogP contribution < -0.4 is 16.0 Å². The lowest BCUT2D eigenvalue weighted by Gasteiger charge is -2.46. The number of benzene rings is 4. The Bertz CT molecular complexity index is 2380. The minimum absolute atomic E-state index is 0.0645. The van der Waals surface area contributed by atoms with Crippen molar-refractivity contribution in [1.29, 1.82) is 0 Å². The van der Waals surface area contributed by atoms with Crippen molar-refractivity contribution in [3.05, 3.63) is 132 Å². The number of aryl methyl sites for hydroxylation is 2. The molecule has 4 aromatic carbocycles. The van der Waals surface area contributed by atoms with Crippen molar-refractivity contribution in [1.82, 2.24) is 24.8 Å². The zero-order valence-electron chi connectivity index (χ0n) is 33.1. The standard InChI is InChI=1S/C46H50N8O4/c1-31-38-22-9-11-24-40(38)51-42(48-31)50-35-19-14-26-46(47,28-35)53(29-33-15-5-3-6-16-33)44(55)58-37-21-13-20-36(27-37)54(45(56)57-30-34-17-7-4-8-18-34)43-49-32(2)39-23-10-12-25-41(39)52-43/h3-12,15-18,22-25,35-37H,13-14,19-21,26-30,47H2,1-2H3,(H,48,50,51). The van der Waals surface area contributed by atoms with E-state index < -0.39 is 24.0 Å². The highest BCUT2D eigenvalue weighted by atomic mass is 16.6. The van der Waals surface area contributed by atoms with Crippen LogP contribution in [0.3, 0.4) is 0 Å². The third-order valence-corrected chi connectivity index (χ3v) is 11.5. The van der Waals surface area contributed by atoms with Gasteiger partial charge in [0.1, 0.15) is 12.7 Å². The predicted octanol–water partition coefficient (Wildman–Crippen LogP) is 8.99. The van der Waals surface area contributed by atoms with Crippen LogP contribution in [0.5, 0.6) is 0 Å². The van der Waals surface area contributed by atoms with Gasteiger partial charge in [0.15, 0.2) is 0 Å². The molecule has 4 unspecified atom stereocenters. The second kappa shape index (κ2) is 17.2. The summed E-state index contributed by atoms with van der Waals surface area (Å²) in [7, 11) is 0. The highest BCUT2D eigenvalue weighted by Gasteiger charge is 2.43. The summed E-state index contributed by atoms with van der Waals surface area (Å²) in [4.78, 5) is 51.1. The first-order valence-electron chi connectivity index (χ1n) is 20.3. The summed E-state index contributed by atoms with van der Waals surface area (Å²) in [6.07, 6.45) is 3.67. The molecule has 12 nitrogen and oxygen atoms in total. The van der Waals surface area contributed by atoms with E-state index in [2.05, 4.69) is 5.32 Å². The fourth-order valence-corrected chi connectivity index (χ4v) is 8.48. The van der Waals surface area contributed by atoms with Crippen LogP contribution in [0.1, 0.15) is 73.9 Å². The van der Waals surface area contributed by atoms with Gasteiger partial charge in [-0.15, -0.1) is 0 Å². The van der Waals surface area contributed by atoms with E-state index in [0.717, 1.165) is 63.6 Å². The van der Waals surface area contributed by atoms with Crippen molar-refractivity contribution < 1.29 is 19.1 Å². The lowest BCUT2D eigenvalue weighted by molar-refractivity contribution is -0.00465. The number of ether oxygens (including phenoxy) is 2. The summed E-state index contributed by atoms with van der Waals surface area (Å²) in [5.74, 6) is 0.817. The molecule has 3 N–H and O–H groups in total. The van der Waals surface area contributed by atoms with E-state index in [1.807, 2.05) is 123 Å². The average molecular weight is 779 g/mol. The van der Waals surface area contributed by atoms with Crippen LogP contribution in [0.25, 0.3) is 21.8 Å². The van der Waals surface area contributed by atoms with Crippen LogP contribution in [0.4, 0.5) is 21.5 Å². The van der Waals surface area contributed by atoms with Crippen LogP contribution >= 0.6 is 0 Å². The smallest absolute Gasteiger partial charge is 0.417 e. The molecule has 8 rings (SSSR count). The number of anilines is 2. The summed E-state index contributed by atoms with van der Waals surface area (Å²) in [6, 6.07) is 34.7. The van der Waals surface area contributed by atoms with Gasteiger partial charge >= 0.3 is 12.2 Å². The number of nitrogens with zero attached hydrogens (tertiary/aromatic N) is 6. The first-order valence-corrected chi connectivity index (χ1v) is 20.3. The van der Waals surface area contributed by atoms with Crippen molar-refractivity contribution >= 4 is 45.9 Å². The Kier molecular flexibility index (Phi) is 11.5. The van der Waals surface area contributed by atoms with Gasteiger partial charge in [0.25, 0.3) is 0 Å². The SMILES string of the molecule is Cc1nc(NC2CCCC(N)(N(Cc3ccccc3)C(=O)OC3CCCC(N(C(=O)OCc4ccccc4)c4nc(C)c5ccccc5n4)C3)C2)nc2ccccc12. The third kappa shape index (κ3) is 8.72. The molecule has 2 heterocycles. The van der Waals surface area contributed by atoms with E-state index in [-0.39, 0.29) is 31.2 Å². The highest BCUT2D eigenvalue weighted by molar-refractivity contribution is 5.89. The van der Waals surface area contributed by atoms with Gasteiger partial charge in [-0.3, -0.25) is 4.90 Å². The Morgan fingerprint density at radius 2 is 1.38 bits per heavy atom. The topological polar surface area (TPSA) is 149 Å². The highest BCUT2D eigenvalue weighted by Crippen LogP contribution is 2.35. The van der Waals surface area contributed by atoms with Crippen molar-refractivity contribution in [2.45, 2.75) is 102 Å². The van der Waals surface area contributed by atoms with Crippen molar-refractivity contribution in [2.24, 2.45) is 5.73 Å². The average Bonchev–Trinajstić information content (AvgIpc) is 3.23. The number of hydrogen-bond acceptors (Lipinski definition) is 10. The lowest BCUT2D eigenvalue weighted by Crippen LogP contribution is -2.62. The molecule has 6 aromatic rings. The molecule has 12 heteroatoms. The summed E-state index contributed by atoms with van der Waals surface area (Å²) in [6.45, 7) is 4.28. The molecular weight excluding hydrogens is 729 g/mol. The summed E-state index contributed by atoms with van der Waals surface area (Å²) < 4.78 is 12.3. The number of aromatic nitrogens is 4. The molecule has 0 spiro atoms. The number of fused-ring (bicyclic) bond motifs is 2. The quantitative estimate of drug-likeness (QED) is 0.129. The molecule has 0 bridgehead atoms. The Morgan fingerprint density at radius 3 is 2.10 bits per heavy atom. The molecule has 2 aliphatic rings. The van der Waals surface area contributed by atoms with Crippen LogP contribution in [0.2, 0.25) is 0 Å². The zero-order chi connectivity index (χ0) is 40.1.